The van der Waals surface area contributed by atoms with E-state index >= 15 is 0 Å². The molecule has 5 nitrogen and oxygen atoms in total. The summed E-state index contributed by atoms with van der Waals surface area (Å²) in [7, 11) is 0. The molecule has 1 aromatic rings. The fourth-order valence-electron chi connectivity index (χ4n) is 1.81. The summed E-state index contributed by atoms with van der Waals surface area (Å²) in [6.07, 6.45) is 0. The Morgan fingerprint density at radius 1 is 1.61 bits per heavy atom. The van der Waals surface area contributed by atoms with Crippen molar-refractivity contribution in [3.8, 4) is 0 Å². The number of thioether (sulfide) groups is 1. The number of benzene rings is 1. The van der Waals surface area contributed by atoms with Gasteiger partial charge in [-0.25, -0.2) is 0 Å². The molecule has 2 rings (SSSR count). The molecule has 1 aromatic carbocycles. The number of rotatable bonds is 2. The predicted octanol–water partition coefficient (Wildman–Crippen LogP) is 2.78. The summed E-state index contributed by atoms with van der Waals surface area (Å²) >= 11 is 7.63. The van der Waals surface area contributed by atoms with Crippen molar-refractivity contribution in [3.63, 3.8) is 0 Å². The van der Waals surface area contributed by atoms with Crippen LogP contribution in [0.3, 0.4) is 0 Å². The first-order chi connectivity index (χ1) is 8.50. The van der Waals surface area contributed by atoms with Crippen molar-refractivity contribution in [1.82, 2.24) is 4.90 Å². The van der Waals surface area contributed by atoms with Gasteiger partial charge in [0.05, 0.1) is 20.9 Å². The number of hydrogen-bond donors (Lipinski definition) is 0. The number of nitro benzene ring substituents is 1. The minimum atomic E-state index is -0.533. The average Bonchev–Trinajstić information content (AvgIpc) is 2.74. The monoisotopic (exact) mass is 286 g/mol. The highest BCUT2D eigenvalue weighted by Gasteiger charge is 2.28. The van der Waals surface area contributed by atoms with Gasteiger partial charge in [-0.15, -0.1) is 11.8 Å². The summed E-state index contributed by atoms with van der Waals surface area (Å²) in [5.41, 5.74) is 0.206. The van der Waals surface area contributed by atoms with E-state index in [9.17, 15) is 14.9 Å². The summed E-state index contributed by atoms with van der Waals surface area (Å²) in [5, 5.41) is 10.8. The minimum Gasteiger partial charge on any atom is -0.326 e. The van der Waals surface area contributed by atoms with Crippen LogP contribution in [0, 0.1) is 10.1 Å². The van der Waals surface area contributed by atoms with Gasteiger partial charge in [-0.1, -0.05) is 11.6 Å². The average molecular weight is 287 g/mol. The molecule has 0 radical (unpaired) electrons. The molecule has 1 saturated heterocycles. The van der Waals surface area contributed by atoms with Gasteiger partial charge in [0.25, 0.3) is 11.6 Å². The van der Waals surface area contributed by atoms with Gasteiger partial charge in [0.2, 0.25) is 0 Å². The number of amides is 1. The third kappa shape index (κ3) is 2.44. The van der Waals surface area contributed by atoms with Gasteiger partial charge in [-0.2, -0.15) is 0 Å². The second-order valence-corrected chi connectivity index (χ2v) is 5.72. The lowest BCUT2D eigenvalue weighted by Gasteiger charge is -2.20. The van der Waals surface area contributed by atoms with Gasteiger partial charge in [-0.3, -0.25) is 14.9 Å². The maximum Gasteiger partial charge on any atom is 0.270 e. The number of carbonyl (C=O) groups is 1. The zero-order valence-electron chi connectivity index (χ0n) is 9.63. The summed E-state index contributed by atoms with van der Waals surface area (Å²) in [6.45, 7) is 2.63. The Hall–Kier alpha value is -1.27. The van der Waals surface area contributed by atoms with Crippen molar-refractivity contribution in [2.45, 2.75) is 12.3 Å². The number of non-ortho nitro benzene ring substituents is 1. The molecule has 0 bridgehead atoms. The first-order valence-electron chi connectivity index (χ1n) is 5.37. The molecule has 96 valence electrons. The topological polar surface area (TPSA) is 63.5 Å². The van der Waals surface area contributed by atoms with E-state index in [1.807, 2.05) is 6.92 Å². The van der Waals surface area contributed by atoms with Crippen molar-refractivity contribution in [2.75, 3.05) is 12.3 Å². The highest BCUT2D eigenvalue weighted by atomic mass is 35.5. The maximum absolute atomic E-state index is 12.2. The molecular weight excluding hydrogens is 276 g/mol. The lowest BCUT2D eigenvalue weighted by atomic mass is 10.2. The summed E-state index contributed by atoms with van der Waals surface area (Å²) in [5.74, 6) is 0.727. The van der Waals surface area contributed by atoms with E-state index in [0.29, 0.717) is 12.1 Å². The molecule has 7 heteroatoms. The third-order valence-corrected chi connectivity index (χ3v) is 4.25. The van der Waals surface area contributed by atoms with Gasteiger partial charge >= 0.3 is 0 Å². The smallest absolute Gasteiger partial charge is 0.270 e. The second-order valence-electron chi connectivity index (χ2n) is 3.89. The molecule has 1 aliphatic rings. The first kappa shape index (κ1) is 13.2. The van der Waals surface area contributed by atoms with Crippen molar-refractivity contribution in [3.05, 3.63) is 38.9 Å². The highest BCUT2D eigenvalue weighted by Crippen LogP contribution is 2.28. The number of carbonyl (C=O) groups excluding carboxylic acids is 1. The molecule has 0 spiro atoms. The zero-order valence-corrected chi connectivity index (χ0v) is 11.2. The molecule has 0 aliphatic carbocycles. The minimum absolute atomic E-state index is 0.111. The van der Waals surface area contributed by atoms with Crippen molar-refractivity contribution in [1.29, 1.82) is 0 Å². The Balaban J connectivity index is 2.28. The summed E-state index contributed by atoms with van der Waals surface area (Å²) in [4.78, 5) is 24.0. The normalized spacial score (nSPS) is 19.0. The Labute approximate surface area is 113 Å². The van der Waals surface area contributed by atoms with Crippen LogP contribution in [0.15, 0.2) is 18.2 Å². The molecule has 18 heavy (non-hydrogen) atoms. The largest absolute Gasteiger partial charge is 0.326 e. The van der Waals surface area contributed by atoms with Gasteiger partial charge in [0.1, 0.15) is 0 Å². The number of hydrogen-bond acceptors (Lipinski definition) is 4. The van der Waals surface area contributed by atoms with Crippen molar-refractivity contribution in [2.24, 2.45) is 0 Å². The standard InChI is InChI=1S/C11H11ClN2O3S/c1-7-13(4-5-18-7)11(15)9-3-2-8(14(16)17)6-10(9)12/h2-3,6-7H,4-5H2,1H3. The van der Waals surface area contributed by atoms with E-state index < -0.39 is 4.92 Å². The molecule has 0 aromatic heterocycles. The van der Waals surface area contributed by atoms with Crippen LogP contribution < -0.4 is 0 Å². The zero-order chi connectivity index (χ0) is 13.3. The Kier molecular flexibility index (Phi) is 3.77. The lowest BCUT2D eigenvalue weighted by molar-refractivity contribution is -0.384. The summed E-state index contributed by atoms with van der Waals surface area (Å²) < 4.78 is 0. The highest BCUT2D eigenvalue weighted by molar-refractivity contribution is 8.00. The number of nitrogens with zero attached hydrogens (tertiary/aromatic N) is 2. The Morgan fingerprint density at radius 2 is 2.33 bits per heavy atom. The number of nitro groups is 1. The van der Waals surface area contributed by atoms with E-state index in [1.165, 1.54) is 18.2 Å². The van der Waals surface area contributed by atoms with Crippen LogP contribution in [-0.2, 0) is 0 Å². The third-order valence-electron chi connectivity index (χ3n) is 2.78. The molecule has 1 atom stereocenters. The van der Waals surface area contributed by atoms with E-state index in [2.05, 4.69) is 0 Å². The van der Waals surface area contributed by atoms with Crippen molar-refractivity contribution < 1.29 is 9.72 Å². The number of halogens is 1. The van der Waals surface area contributed by atoms with Crippen LogP contribution in [0.25, 0.3) is 0 Å². The van der Waals surface area contributed by atoms with Gasteiger partial charge < -0.3 is 4.90 Å². The molecule has 0 N–H and O–H groups in total. The van der Waals surface area contributed by atoms with Gasteiger partial charge in [-0.05, 0) is 13.0 Å². The molecule has 1 aliphatic heterocycles. The SMILES string of the molecule is CC1SCCN1C(=O)c1ccc([N+](=O)[O-])cc1Cl. The second kappa shape index (κ2) is 5.16. The van der Waals surface area contributed by atoms with E-state index in [1.54, 1.807) is 16.7 Å². The Morgan fingerprint density at radius 3 is 2.83 bits per heavy atom. The van der Waals surface area contributed by atoms with E-state index in [0.717, 1.165) is 5.75 Å². The molecule has 1 unspecified atom stereocenters. The maximum atomic E-state index is 12.2. The summed E-state index contributed by atoms with van der Waals surface area (Å²) in [6, 6.07) is 3.92. The van der Waals surface area contributed by atoms with Crippen molar-refractivity contribution >= 4 is 35.0 Å². The van der Waals surface area contributed by atoms with Crippen LogP contribution in [0.2, 0.25) is 5.02 Å². The quantitative estimate of drug-likeness (QED) is 0.619. The fraction of sp³-hybridized carbons (Fsp3) is 0.364. The first-order valence-corrected chi connectivity index (χ1v) is 6.80. The van der Waals surface area contributed by atoms with Gasteiger partial charge in [0, 0.05) is 24.4 Å². The van der Waals surface area contributed by atoms with Crippen LogP contribution >= 0.6 is 23.4 Å². The van der Waals surface area contributed by atoms with E-state index in [4.69, 9.17) is 11.6 Å². The van der Waals surface area contributed by atoms with Gasteiger partial charge in [0.15, 0.2) is 0 Å². The molecule has 1 heterocycles. The van der Waals surface area contributed by atoms with Crippen LogP contribution in [0.4, 0.5) is 5.69 Å². The van der Waals surface area contributed by atoms with E-state index in [-0.39, 0.29) is 22.0 Å². The Bertz CT molecular complexity index is 509. The molecular formula is C11H11ClN2O3S. The van der Waals surface area contributed by atoms with Crippen LogP contribution in [0.5, 0.6) is 0 Å². The predicted molar refractivity (Wildman–Crippen MR) is 71.1 cm³/mol. The molecule has 1 fully saturated rings. The molecule has 0 saturated carbocycles. The molecule has 1 amide bonds. The fourth-order valence-corrected chi connectivity index (χ4v) is 3.09. The lowest BCUT2D eigenvalue weighted by Crippen LogP contribution is -2.33. The van der Waals surface area contributed by atoms with Crippen LogP contribution in [0.1, 0.15) is 17.3 Å². The van der Waals surface area contributed by atoms with Crippen LogP contribution in [-0.4, -0.2) is 33.4 Å².